The molecule has 138 valence electrons. The summed E-state index contributed by atoms with van der Waals surface area (Å²) in [6.07, 6.45) is 3.14. The predicted molar refractivity (Wildman–Crippen MR) is 100.0 cm³/mol. The Bertz CT molecular complexity index is 840. The van der Waals surface area contributed by atoms with Crippen molar-refractivity contribution in [2.75, 3.05) is 6.26 Å². The highest BCUT2D eigenvalue weighted by molar-refractivity contribution is 7.89. The van der Waals surface area contributed by atoms with Crippen molar-refractivity contribution >= 4 is 26.8 Å². The first kappa shape index (κ1) is 19.4. The van der Waals surface area contributed by atoms with Crippen LogP contribution in [0.25, 0.3) is 11.0 Å². The van der Waals surface area contributed by atoms with Gasteiger partial charge in [0.15, 0.2) is 9.84 Å². The van der Waals surface area contributed by atoms with Gasteiger partial charge in [-0.3, -0.25) is 4.79 Å². The lowest BCUT2D eigenvalue weighted by Crippen LogP contribution is -2.35. The van der Waals surface area contributed by atoms with Crippen molar-refractivity contribution in [3.05, 3.63) is 30.1 Å². The molecule has 1 unspecified atom stereocenters. The number of nitrogens with one attached hydrogen (secondary N) is 1. The van der Waals surface area contributed by atoms with Crippen LogP contribution < -0.4 is 5.32 Å². The van der Waals surface area contributed by atoms with E-state index >= 15 is 0 Å². The maximum atomic E-state index is 12.4. The number of benzene rings is 1. The average Bonchev–Trinajstić information content (AvgIpc) is 2.81. The molecule has 1 N–H and O–H groups in total. The first-order chi connectivity index (χ1) is 11.7. The highest BCUT2D eigenvalue weighted by Crippen LogP contribution is 2.17. The highest BCUT2D eigenvalue weighted by atomic mass is 32.2. The number of sulfone groups is 1. The van der Waals surface area contributed by atoms with Crippen LogP contribution in [-0.2, 0) is 26.9 Å². The van der Waals surface area contributed by atoms with Crippen molar-refractivity contribution in [1.82, 2.24) is 14.9 Å². The van der Waals surface area contributed by atoms with Crippen LogP contribution in [0.5, 0.6) is 0 Å². The summed E-state index contributed by atoms with van der Waals surface area (Å²) in [7, 11) is -3.24. The first-order valence-corrected chi connectivity index (χ1v) is 10.6. The summed E-state index contributed by atoms with van der Waals surface area (Å²) >= 11 is 0. The van der Waals surface area contributed by atoms with Crippen LogP contribution >= 0.6 is 0 Å². The monoisotopic (exact) mass is 365 g/mol. The Morgan fingerprint density at radius 2 is 1.88 bits per heavy atom. The van der Waals surface area contributed by atoms with E-state index in [4.69, 9.17) is 0 Å². The minimum Gasteiger partial charge on any atom is -0.352 e. The van der Waals surface area contributed by atoms with E-state index in [0.717, 1.165) is 18.4 Å². The summed E-state index contributed by atoms with van der Waals surface area (Å²) in [6, 6.07) is 7.46. The van der Waals surface area contributed by atoms with Gasteiger partial charge in [-0.05, 0) is 37.8 Å². The number of nitrogens with zero attached hydrogens (tertiary/aromatic N) is 2. The normalized spacial score (nSPS) is 13.3. The van der Waals surface area contributed by atoms with Gasteiger partial charge in [0.05, 0.1) is 11.0 Å². The van der Waals surface area contributed by atoms with Gasteiger partial charge in [0.1, 0.15) is 18.1 Å². The third-order valence-corrected chi connectivity index (χ3v) is 4.79. The van der Waals surface area contributed by atoms with Crippen molar-refractivity contribution in [3.63, 3.8) is 0 Å². The minimum atomic E-state index is -3.24. The number of amides is 1. The van der Waals surface area contributed by atoms with Crippen LogP contribution in [0.4, 0.5) is 0 Å². The fourth-order valence-electron chi connectivity index (χ4n) is 2.77. The van der Waals surface area contributed by atoms with Crippen LogP contribution in [0.2, 0.25) is 0 Å². The summed E-state index contributed by atoms with van der Waals surface area (Å²) in [5.74, 6) is 0.680. The van der Waals surface area contributed by atoms with Gasteiger partial charge in [-0.25, -0.2) is 13.4 Å². The van der Waals surface area contributed by atoms with Crippen LogP contribution in [-0.4, -0.2) is 36.2 Å². The van der Waals surface area contributed by atoms with E-state index < -0.39 is 9.84 Å². The van der Waals surface area contributed by atoms with Gasteiger partial charge in [0, 0.05) is 12.3 Å². The summed E-state index contributed by atoms with van der Waals surface area (Å²) in [6.45, 7) is 6.37. The standard InChI is InChI=1S/C18H27N3O3S/c1-13(2)9-10-14(3)19-18(22)11-21-16-8-6-5-7-15(16)20-17(21)12-25(4,23)24/h5-8,13-14H,9-12H2,1-4H3,(H,19,22). The van der Waals surface area contributed by atoms with Gasteiger partial charge in [0.25, 0.3) is 0 Å². The molecule has 2 aromatic rings. The van der Waals surface area contributed by atoms with E-state index in [2.05, 4.69) is 24.1 Å². The molecule has 0 aliphatic heterocycles. The number of hydrogen-bond acceptors (Lipinski definition) is 4. The number of rotatable bonds is 8. The molecular formula is C18H27N3O3S. The molecule has 7 heteroatoms. The second-order valence-electron chi connectivity index (χ2n) is 7.11. The Hall–Kier alpha value is -1.89. The molecule has 1 heterocycles. The zero-order valence-electron chi connectivity index (χ0n) is 15.3. The molecule has 0 bridgehead atoms. The Morgan fingerprint density at radius 3 is 2.52 bits per heavy atom. The third kappa shape index (κ3) is 5.85. The van der Waals surface area contributed by atoms with Gasteiger partial charge in [0.2, 0.25) is 5.91 Å². The van der Waals surface area contributed by atoms with Gasteiger partial charge in [-0.1, -0.05) is 26.0 Å². The van der Waals surface area contributed by atoms with E-state index in [9.17, 15) is 13.2 Å². The van der Waals surface area contributed by atoms with Gasteiger partial charge >= 0.3 is 0 Å². The first-order valence-electron chi connectivity index (χ1n) is 8.57. The predicted octanol–water partition coefficient (Wildman–Crippen LogP) is 2.52. The molecule has 2 rings (SSSR count). The largest absolute Gasteiger partial charge is 0.352 e. The number of para-hydroxylation sites is 2. The smallest absolute Gasteiger partial charge is 0.240 e. The quantitative estimate of drug-likeness (QED) is 0.779. The average molecular weight is 365 g/mol. The van der Waals surface area contributed by atoms with Gasteiger partial charge in [-0.2, -0.15) is 0 Å². The number of carbonyl (C=O) groups is 1. The summed E-state index contributed by atoms with van der Waals surface area (Å²) < 4.78 is 25.1. The van der Waals surface area contributed by atoms with E-state index in [1.54, 1.807) is 4.57 Å². The molecule has 6 nitrogen and oxygen atoms in total. The number of carbonyl (C=O) groups excluding carboxylic acids is 1. The fraction of sp³-hybridized carbons (Fsp3) is 0.556. The van der Waals surface area contributed by atoms with Crippen molar-refractivity contribution in [3.8, 4) is 0 Å². The van der Waals surface area contributed by atoms with Crippen LogP contribution in [0.1, 0.15) is 39.4 Å². The number of aromatic nitrogens is 2. The lowest BCUT2D eigenvalue weighted by molar-refractivity contribution is -0.122. The third-order valence-electron chi connectivity index (χ3n) is 4.01. The maximum Gasteiger partial charge on any atom is 0.240 e. The number of fused-ring (bicyclic) bond motifs is 1. The van der Waals surface area contributed by atoms with Crippen molar-refractivity contribution in [2.45, 2.75) is 52.0 Å². The van der Waals surface area contributed by atoms with E-state index in [-0.39, 0.29) is 24.2 Å². The zero-order valence-corrected chi connectivity index (χ0v) is 16.1. The van der Waals surface area contributed by atoms with Gasteiger partial charge < -0.3 is 9.88 Å². The summed E-state index contributed by atoms with van der Waals surface area (Å²) in [5, 5.41) is 2.99. The molecule has 1 amide bonds. The van der Waals surface area contributed by atoms with Crippen molar-refractivity contribution < 1.29 is 13.2 Å². The molecule has 1 atom stereocenters. The summed E-state index contributed by atoms with van der Waals surface area (Å²) in [4.78, 5) is 16.8. The number of imidazole rings is 1. The van der Waals surface area contributed by atoms with Crippen molar-refractivity contribution in [1.29, 1.82) is 0 Å². The lowest BCUT2D eigenvalue weighted by Gasteiger charge is -2.16. The molecule has 0 radical (unpaired) electrons. The molecule has 0 spiro atoms. The fourth-order valence-corrected chi connectivity index (χ4v) is 3.46. The second kappa shape index (κ2) is 7.99. The SMILES string of the molecule is CC(C)CCC(C)NC(=O)Cn1c(CS(C)(=O)=O)nc2ccccc21. The van der Waals surface area contributed by atoms with Crippen molar-refractivity contribution in [2.24, 2.45) is 5.92 Å². The molecular weight excluding hydrogens is 338 g/mol. The number of hydrogen-bond donors (Lipinski definition) is 1. The molecule has 0 saturated carbocycles. The lowest BCUT2D eigenvalue weighted by atomic mass is 10.0. The maximum absolute atomic E-state index is 12.4. The minimum absolute atomic E-state index is 0.0669. The van der Waals surface area contributed by atoms with Crippen LogP contribution in [0.3, 0.4) is 0 Å². The molecule has 0 aliphatic carbocycles. The Balaban J connectivity index is 2.18. The topological polar surface area (TPSA) is 81.1 Å². The molecule has 25 heavy (non-hydrogen) atoms. The highest BCUT2D eigenvalue weighted by Gasteiger charge is 2.18. The van der Waals surface area contributed by atoms with Gasteiger partial charge in [-0.15, -0.1) is 0 Å². The van der Waals surface area contributed by atoms with E-state index in [1.165, 1.54) is 6.26 Å². The summed E-state index contributed by atoms with van der Waals surface area (Å²) in [5.41, 5.74) is 1.47. The molecule has 0 fully saturated rings. The molecule has 1 aromatic carbocycles. The molecule has 0 saturated heterocycles. The second-order valence-corrected chi connectivity index (χ2v) is 9.25. The van der Waals surface area contributed by atoms with Crippen LogP contribution in [0.15, 0.2) is 24.3 Å². The van der Waals surface area contributed by atoms with E-state index in [0.29, 0.717) is 17.3 Å². The van der Waals surface area contributed by atoms with Crippen LogP contribution in [0, 0.1) is 5.92 Å². The van der Waals surface area contributed by atoms with E-state index in [1.807, 2.05) is 31.2 Å². The molecule has 1 aromatic heterocycles. The Kier molecular flexibility index (Phi) is 6.21. The zero-order chi connectivity index (χ0) is 18.6. The molecule has 0 aliphatic rings. The Labute approximate surface area is 149 Å². The Morgan fingerprint density at radius 1 is 1.20 bits per heavy atom.